The molecule has 3 aromatic rings. The Bertz CT molecular complexity index is 1190. The number of Topliss-reactive ketones (excluding diaryl/α,β-unsaturated/α-hetero) is 1. The molecule has 0 aromatic heterocycles. The average Bonchev–Trinajstić information content (AvgIpc) is 3.04. The fraction of sp³-hybridized carbons (Fsp3) is 0. The van der Waals surface area contributed by atoms with Crippen LogP contribution in [0.2, 0.25) is 0 Å². The van der Waals surface area contributed by atoms with Gasteiger partial charge in [0.1, 0.15) is 17.3 Å². The maximum Gasteiger partial charge on any atom is 0.343 e. The summed E-state index contributed by atoms with van der Waals surface area (Å²) in [7, 11) is 0. The third-order valence-corrected chi connectivity index (χ3v) is 4.35. The van der Waals surface area contributed by atoms with Crippen molar-refractivity contribution < 1.29 is 28.7 Å². The second kappa shape index (κ2) is 7.78. The van der Waals surface area contributed by atoms with Gasteiger partial charge in [-0.1, -0.05) is 24.3 Å². The molecular weight excluding hydrogens is 393 g/mol. The number of benzene rings is 3. The van der Waals surface area contributed by atoms with Crippen molar-refractivity contribution in [2.24, 2.45) is 0 Å². The molecule has 7 nitrogen and oxygen atoms in total. The lowest BCUT2D eigenvalue weighted by atomic mass is 10.1. The summed E-state index contributed by atoms with van der Waals surface area (Å²) in [6.45, 7) is 0. The SMILES string of the molecule is O=C(Oc1ccc2c(c1)OC(=Cc1ccccc1F)C2=O)c1cccc(N([O-])O)c1. The van der Waals surface area contributed by atoms with Crippen LogP contribution in [0.15, 0.2) is 72.5 Å². The Morgan fingerprint density at radius 3 is 2.67 bits per heavy atom. The first-order chi connectivity index (χ1) is 14.4. The normalized spacial score (nSPS) is 13.7. The summed E-state index contributed by atoms with van der Waals surface area (Å²) in [5, 5.41) is 19.5. The molecule has 3 aromatic carbocycles. The molecule has 8 heteroatoms. The van der Waals surface area contributed by atoms with Gasteiger partial charge in [-0.05, 0) is 42.5 Å². The van der Waals surface area contributed by atoms with E-state index in [0.717, 1.165) is 6.07 Å². The van der Waals surface area contributed by atoms with Gasteiger partial charge < -0.3 is 19.9 Å². The van der Waals surface area contributed by atoms with Gasteiger partial charge in [0, 0.05) is 11.6 Å². The van der Waals surface area contributed by atoms with Crippen LogP contribution >= 0.6 is 0 Å². The predicted molar refractivity (Wildman–Crippen MR) is 105 cm³/mol. The van der Waals surface area contributed by atoms with Crippen LogP contribution in [0.1, 0.15) is 26.3 Å². The standard InChI is InChI=1S/C22H13FNO6/c23-18-7-2-1-4-13(18)11-20-21(25)17-9-8-16(12-19(17)30-20)29-22(26)14-5-3-6-15(10-14)24(27)28/h1-12,27H/q-1. The largest absolute Gasteiger partial charge is 0.733 e. The number of fused-ring (bicyclic) bond motifs is 1. The van der Waals surface area contributed by atoms with Crippen LogP contribution in [0.4, 0.5) is 10.1 Å². The summed E-state index contributed by atoms with van der Waals surface area (Å²) in [4.78, 5) is 24.8. The summed E-state index contributed by atoms with van der Waals surface area (Å²) in [5.41, 5.74) is 0.369. The second-order valence-electron chi connectivity index (χ2n) is 6.33. The van der Waals surface area contributed by atoms with Crippen molar-refractivity contribution in [1.29, 1.82) is 0 Å². The number of allylic oxidation sites excluding steroid dienone is 1. The molecule has 0 saturated heterocycles. The van der Waals surface area contributed by atoms with Crippen LogP contribution in [0.25, 0.3) is 6.08 Å². The van der Waals surface area contributed by atoms with E-state index in [4.69, 9.17) is 14.7 Å². The summed E-state index contributed by atoms with van der Waals surface area (Å²) < 4.78 is 24.6. The highest BCUT2D eigenvalue weighted by atomic mass is 19.1. The van der Waals surface area contributed by atoms with Crippen molar-refractivity contribution in [3.63, 3.8) is 0 Å². The van der Waals surface area contributed by atoms with Gasteiger partial charge in [-0.15, -0.1) is 0 Å². The van der Waals surface area contributed by atoms with E-state index in [1.165, 1.54) is 60.7 Å². The zero-order chi connectivity index (χ0) is 21.3. The van der Waals surface area contributed by atoms with E-state index in [2.05, 4.69) is 0 Å². The number of ketones is 1. The summed E-state index contributed by atoms with van der Waals surface area (Å²) in [6, 6.07) is 15.5. The molecule has 0 aliphatic carbocycles. The fourth-order valence-corrected chi connectivity index (χ4v) is 2.88. The smallest absolute Gasteiger partial charge is 0.343 e. The van der Waals surface area contributed by atoms with E-state index >= 15 is 0 Å². The molecule has 1 heterocycles. The highest BCUT2D eigenvalue weighted by Gasteiger charge is 2.28. The van der Waals surface area contributed by atoms with Gasteiger partial charge >= 0.3 is 5.97 Å². The van der Waals surface area contributed by atoms with Crippen molar-refractivity contribution >= 4 is 23.5 Å². The van der Waals surface area contributed by atoms with E-state index in [0.29, 0.717) is 0 Å². The molecule has 150 valence electrons. The second-order valence-corrected chi connectivity index (χ2v) is 6.33. The third kappa shape index (κ3) is 3.77. The van der Waals surface area contributed by atoms with Crippen molar-refractivity contribution in [3.05, 3.63) is 100 Å². The number of esters is 1. The van der Waals surface area contributed by atoms with Gasteiger partial charge in [0.2, 0.25) is 5.78 Å². The molecule has 30 heavy (non-hydrogen) atoms. The van der Waals surface area contributed by atoms with Gasteiger partial charge in [-0.2, -0.15) is 0 Å². The predicted octanol–water partition coefficient (Wildman–Crippen LogP) is 4.35. The molecule has 0 saturated carbocycles. The topological polar surface area (TPSA) is 99.1 Å². The first kappa shape index (κ1) is 19.3. The van der Waals surface area contributed by atoms with Gasteiger partial charge in [0.15, 0.2) is 5.76 Å². The number of ether oxygens (including phenoxy) is 2. The number of hydrogen-bond acceptors (Lipinski definition) is 7. The molecule has 0 bridgehead atoms. The van der Waals surface area contributed by atoms with E-state index in [1.807, 2.05) is 0 Å². The minimum atomic E-state index is -0.773. The van der Waals surface area contributed by atoms with Crippen molar-refractivity contribution in [1.82, 2.24) is 0 Å². The van der Waals surface area contributed by atoms with E-state index < -0.39 is 17.6 Å². The van der Waals surface area contributed by atoms with Crippen molar-refractivity contribution in [2.75, 3.05) is 5.23 Å². The van der Waals surface area contributed by atoms with Crippen LogP contribution in [0.5, 0.6) is 11.5 Å². The Morgan fingerprint density at radius 2 is 1.90 bits per heavy atom. The molecule has 0 fully saturated rings. The van der Waals surface area contributed by atoms with Crippen LogP contribution in [-0.4, -0.2) is 17.0 Å². The van der Waals surface area contributed by atoms with Crippen molar-refractivity contribution in [3.8, 4) is 11.5 Å². The monoisotopic (exact) mass is 406 g/mol. The minimum Gasteiger partial charge on any atom is -0.733 e. The molecule has 0 spiro atoms. The summed E-state index contributed by atoms with van der Waals surface area (Å²) in [5.74, 6) is -1.46. The lowest BCUT2D eigenvalue weighted by Gasteiger charge is -2.21. The highest BCUT2D eigenvalue weighted by Crippen LogP contribution is 2.35. The van der Waals surface area contributed by atoms with E-state index in [9.17, 15) is 19.2 Å². The lowest BCUT2D eigenvalue weighted by molar-refractivity contribution is 0.0734. The first-order valence-electron chi connectivity index (χ1n) is 8.73. The molecular formula is C22H13FNO6-. The Balaban J connectivity index is 1.55. The first-order valence-corrected chi connectivity index (χ1v) is 8.73. The van der Waals surface area contributed by atoms with Crippen LogP contribution in [-0.2, 0) is 0 Å². The summed E-state index contributed by atoms with van der Waals surface area (Å²) in [6.07, 6.45) is 1.30. The Morgan fingerprint density at radius 1 is 1.10 bits per heavy atom. The molecule has 0 atom stereocenters. The molecule has 1 aliphatic rings. The van der Waals surface area contributed by atoms with E-state index in [1.54, 1.807) is 6.07 Å². The number of hydrogen-bond donors (Lipinski definition) is 1. The number of carbonyl (C=O) groups excluding carboxylic acids is 2. The van der Waals surface area contributed by atoms with Gasteiger partial charge in [-0.25, -0.2) is 9.18 Å². The van der Waals surface area contributed by atoms with E-state index in [-0.39, 0.29) is 44.9 Å². The molecule has 1 aliphatic heterocycles. The van der Waals surface area contributed by atoms with Gasteiger partial charge in [0.05, 0.1) is 16.8 Å². The molecule has 1 N–H and O–H groups in total. The molecule has 0 amide bonds. The number of anilines is 1. The van der Waals surface area contributed by atoms with Crippen LogP contribution in [0, 0.1) is 11.0 Å². The lowest BCUT2D eigenvalue weighted by Crippen LogP contribution is -2.11. The fourth-order valence-electron chi connectivity index (χ4n) is 2.88. The minimum absolute atomic E-state index is 0.0417. The Kier molecular flexibility index (Phi) is 5.01. The third-order valence-electron chi connectivity index (χ3n) is 4.35. The maximum absolute atomic E-state index is 13.8. The van der Waals surface area contributed by atoms with Gasteiger partial charge in [0.25, 0.3) is 0 Å². The summed E-state index contributed by atoms with van der Waals surface area (Å²) >= 11 is 0. The van der Waals surface area contributed by atoms with Crippen molar-refractivity contribution in [2.45, 2.75) is 0 Å². The number of carbonyl (C=O) groups is 2. The average molecular weight is 406 g/mol. The zero-order valence-corrected chi connectivity index (χ0v) is 15.2. The number of halogens is 1. The molecule has 0 radical (unpaired) electrons. The van der Waals surface area contributed by atoms with Crippen LogP contribution in [0.3, 0.4) is 0 Å². The highest BCUT2D eigenvalue weighted by molar-refractivity contribution is 6.14. The maximum atomic E-state index is 13.8. The Hall–Kier alpha value is -4.01. The number of nitrogens with zero attached hydrogens (tertiary/aromatic N) is 1. The zero-order valence-electron chi connectivity index (χ0n) is 15.2. The number of rotatable bonds is 4. The van der Waals surface area contributed by atoms with Gasteiger partial charge in [-0.3, -0.25) is 10.0 Å². The quantitative estimate of drug-likeness (QED) is 0.298. The molecule has 4 rings (SSSR count). The van der Waals surface area contributed by atoms with Crippen LogP contribution < -0.4 is 14.7 Å². The Labute approximate surface area is 169 Å². The molecule has 0 unspecified atom stereocenters.